The number of benzene rings is 2. The van der Waals surface area contributed by atoms with Gasteiger partial charge in [-0.25, -0.2) is 0 Å². The summed E-state index contributed by atoms with van der Waals surface area (Å²) in [5, 5.41) is 4.06. The predicted octanol–water partition coefficient (Wildman–Crippen LogP) is 5.01. The molecule has 1 N–H and O–H groups in total. The Morgan fingerprint density at radius 1 is 0.864 bits per heavy atom. The number of halogens is 1. The summed E-state index contributed by atoms with van der Waals surface area (Å²) in [4.78, 5) is 0. The molecular weight excluding hydrogens is 298 g/mol. The molecular formula is C18H22ClNO2. The standard InChI is InChI=1S/C18H22ClNO2/c1-13(2)21-17-10-6-16(7-11-17)20-12-14(3)22-18-8-4-15(19)5-9-18/h4-11,13-14,20H,12H2,1-3H3. The summed E-state index contributed by atoms with van der Waals surface area (Å²) in [6.45, 7) is 6.77. The monoisotopic (exact) mass is 319 g/mol. The molecule has 4 heteroatoms. The van der Waals surface area contributed by atoms with Crippen LogP contribution in [0.1, 0.15) is 20.8 Å². The summed E-state index contributed by atoms with van der Waals surface area (Å²) in [6.07, 6.45) is 0.236. The molecule has 0 aliphatic heterocycles. The van der Waals surface area contributed by atoms with Crippen LogP contribution in [-0.4, -0.2) is 18.8 Å². The van der Waals surface area contributed by atoms with Crippen molar-refractivity contribution >= 4 is 17.3 Å². The van der Waals surface area contributed by atoms with Gasteiger partial charge in [-0.3, -0.25) is 0 Å². The van der Waals surface area contributed by atoms with E-state index in [0.717, 1.165) is 17.2 Å². The van der Waals surface area contributed by atoms with Gasteiger partial charge in [0.05, 0.1) is 12.6 Å². The van der Waals surface area contributed by atoms with Crippen LogP contribution in [0, 0.1) is 0 Å². The molecule has 0 saturated heterocycles. The molecule has 0 spiro atoms. The molecule has 0 fully saturated rings. The highest BCUT2D eigenvalue weighted by Crippen LogP contribution is 2.18. The third kappa shape index (κ3) is 5.49. The van der Waals surface area contributed by atoms with Gasteiger partial charge in [0.15, 0.2) is 0 Å². The van der Waals surface area contributed by atoms with Gasteiger partial charge in [-0.1, -0.05) is 11.6 Å². The van der Waals surface area contributed by atoms with Crippen LogP contribution in [0.15, 0.2) is 48.5 Å². The van der Waals surface area contributed by atoms with Crippen LogP contribution in [0.2, 0.25) is 5.02 Å². The molecule has 3 nitrogen and oxygen atoms in total. The highest BCUT2D eigenvalue weighted by Gasteiger charge is 2.04. The first-order valence-corrected chi connectivity index (χ1v) is 7.83. The second-order valence-corrected chi connectivity index (χ2v) is 5.89. The van der Waals surface area contributed by atoms with Gasteiger partial charge in [-0.05, 0) is 69.3 Å². The fraction of sp³-hybridized carbons (Fsp3) is 0.333. The molecule has 22 heavy (non-hydrogen) atoms. The molecule has 0 aliphatic carbocycles. The van der Waals surface area contributed by atoms with Crippen LogP contribution >= 0.6 is 11.6 Å². The van der Waals surface area contributed by atoms with Crippen molar-refractivity contribution in [3.05, 3.63) is 53.6 Å². The van der Waals surface area contributed by atoms with E-state index in [2.05, 4.69) is 5.32 Å². The SMILES string of the molecule is CC(C)Oc1ccc(NCC(C)Oc2ccc(Cl)cc2)cc1. The Kier molecular flexibility index (Phi) is 5.96. The topological polar surface area (TPSA) is 30.5 Å². The molecule has 1 atom stereocenters. The largest absolute Gasteiger partial charge is 0.491 e. The Labute approximate surface area is 137 Å². The van der Waals surface area contributed by atoms with E-state index >= 15 is 0 Å². The molecule has 2 rings (SSSR count). The first-order valence-electron chi connectivity index (χ1n) is 7.46. The van der Waals surface area contributed by atoms with Crippen molar-refractivity contribution < 1.29 is 9.47 Å². The summed E-state index contributed by atoms with van der Waals surface area (Å²) >= 11 is 5.86. The smallest absolute Gasteiger partial charge is 0.119 e. The minimum atomic E-state index is 0.0489. The summed E-state index contributed by atoms with van der Waals surface area (Å²) < 4.78 is 11.4. The van der Waals surface area contributed by atoms with E-state index < -0.39 is 0 Å². The Balaban J connectivity index is 1.80. The fourth-order valence-corrected chi connectivity index (χ4v) is 2.10. The van der Waals surface area contributed by atoms with Gasteiger partial charge in [-0.15, -0.1) is 0 Å². The van der Waals surface area contributed by atoms with Crippen LogP contribution in [0.4, 0.5) is 5.69 Å². The molecule has 1 unspecified atom stereocenters. The van der Waals surface area contributed by atoms with Crippen LogP contribution in [0.3, 0.4) is 0 Å². The zero-order chi connectivity index (χ0) is 15.9. The molecule has 2 aromatic carbocycles. The van der Waals surface area contributed by atoms with Crippen LogP contribution in [-0.2, 0) is 0 Å². The number of hydrogen-bond donors (Lipinski definition) is 1. The van der Waals surface area contributed by atoms with E-state index in [-0.39, 0.29) is 12.2 Å². The van der Waals surface area contributed by atoms with Crippen molar-refractivity contribution in [3.8, 4) is 11.5 Å². The van der Waals surface area contributed by atoms with Gasteiger partial charge in [0, 0.05) is 10.7 Å². The predicted molar refractivity (Wildman–Crippen MR) is 92.2 cm³/mol. The Hall–Kier alpha value is -1.87. The highest BCUT2D eigenvalue weighted by molar-refractivity contribution is 6.30. The first kappa shape index (κ1) is 16.5. The highest BCUT2D eigenvalue weighted by atomic mass is 35.5. The van der Waals surface area contributed by atoms with Crippen LogP contribution < -0.4 is 14.8 Å². The number of rotatable bonds is 7. The third-order valence-corrected chi connectivity index (χ3v) is 3.22. The van der Waals surface area contributed by atoms with Crippen molar-refractivity contribution in [1.29, 1.82) is 0 Å². The van der Waals surface area contributed by atoms with Crippen LogP contribution in [0.5, 0.6) is 11.5 Å². The first-order chi connectivity index (χ1) is 10.5. The molecule has 0 aromatic heterocycles. The van der Waals surface area contributed by atoms with E-state index in [4.69, 9.17) is 21.1 Å². The number of ether oxygens (including phenoxy) is 2. The molecule has 0 radical (unpaired) electrons. The molecule has 118 valence electrons. The normalized spacial score (nSPS) is 12.0. The molecule has 0 heterocycles. The van der Waals surface area contributed by atoms with E-state index in [9.17, 15) is 0 Å². The number of nitrogens with one attached hydrogen (secondary N) is 1. The summed E-state index contributed by atoms with van der Waals surface area (Å²) in [7, 11) is 0. The van der Waals surface area contributed by atoms with E-state index in [0.29, 0.717) is 11.6 Å². The maximum Gasteiger partial charge on any atom is 0.119 e. The minimum Gasteiger partial charge on any atom is -0.491 e. The number of anilines is 1. The molecule has 0 amide bonds. The Morgan fingerprint density at radius 2 is 1.41 bits per heavy atom. The summed E-state index contributed by atoms with van der Waals surface area (Å²) in [6, 6.07) is 15.3. The van der Waals surface area contributed by atoms with Crippen molar-refractivity contribution in [3.63, 3.8) is 0 Å². The molecule has 0 saturated carbocycles. The lowest BCUT2D eigenvalue weighted by atomic mass is 10.3. The second-order valence-electron chi connectivity index (χ2n) is 5.45. The van der Waals surface area contributed by atoms with E-state index in [1.165, 1.54) is 0 Å². The van der Waals surface area contributed by atoms with Gasteiger partial charge in [0.1, 0.15) is 17.6 Å². The Morgan fingerprint density at radius 3 is 2.00 bits per heavy atom. The average molecular weight is 320 g/mol. The van der Waals surface area contributed by atoms with Gasteiger partial charge in [0.25, 0.3) is 0 Å². The van der Waals surface area contributed by atoms with E-state index in [1.807, 2.05) is 69.3 Å². The van der Waals surface area contributed by atoms with Crippen molar-refractivity contribution in [2.75, 3.05) is 11.9 Å². The van der Waals surface area contributed by atoms with Crippen molar-refractivity contribution in [2.24, 2.45) is 0 Å². The number of hydrogen-bond acceptors (Lipinski definition) is 3. The van der Waals surface area contributed by atoms with Gasteiger partial charge in [-0.2, -0.15) is 0 Å². The lowest BCUT2D eigenvalue weighted by Gasteiger charge is -2.16. The minimum absolute atomic E-state index is 0.0489. The average Bonchev–Trinajstić information content (AvgIpc) is 2.48. The zero-order valence-corrected chi connectivity index (χ0v) is 13.9. The molecule has 0 aliphatic rings. The van der Waals surface area contributed by atoms with Crippen molar-refractivity contribution in [2.45, 2.75) is 33.0 Å². The third-order valence-electron chi connectivity index (χ3n) is 2.97. The molecule has 0 bridgehead atoms. The lowest BCUT2D eigenvalue weighted by Crippen LogP contribution is -2.22. The fourth-order valence-electron chi connectivity index (χ4n) is 1.97. The summed E-state index contributed by atoms with van der Waals surface area (Å²) in [5.41, 5.74) is 1.04. The van der Waals surface area contributed by atoms with Crippen LogP contribution in [0.25, 0.3) is 0 Å². The maximum atomic E-state index is 5.86. The summed E-state index contributed by atoms with van der Waals surface area (Å²) in [5.74, 6) is 1.70. The quantitative estimate of drug-likeness (QED) is 0.778. The van der Waals surface area contributed by atoms with E-state index in [1.54, 1.807) is 0 Å². The molecule has 2 aromatic rings. The maximum absolute atomic E-state index is 5.86. The zero-order valence-electron chi connectivity index (χ0n) is 13.2. The van der Waals surface area contributed by atoms with Gasteiger partial charge < -0.3 is 14.8 Å². The lowest BCUT2D eigenvalue weighted by molar-refractivity contribution is 0.235. The van der Waals surface area contributed by atoms with Crippen molar-refractivity contribution in [1.82, 2.24) is 0 Å². The van der Waals surface area contributed by atoms with Gasteiger partial charge in [0.2, 0.25) is 0 Å². The van der Waals surface area contributed by atoms with Gasteiger partial charge >= 0.3 is 0 Å². The Bertz CT molecular complexity index is 567. The second kappa shape index (κ2) is 7.95.